The largest absolute Gasteiger partial charge is 0.494 e. The Balaban J connectivity index is 1.55. The molecule has 3 aliphatic heterocycles. The zero-order chi connectivity index (χ0) is 40.8. The molecule has 3 aliphatic rings. The zero-order valence-electron chi connectivity index (χ0n) is 32.3. The maximum atomic E-state index is 14.7. The third-order valence-electron chi connectivity index (χ3n) is 9.97. The van der Waals surface area contributed by atoms with Gasteiger partial charge in [-0.2, -0.15) is 0 Å². The van der Waals surface area contributed by atoms with E-state index in [-0.39, 0.29) is 25.0 Å². The van der Waals surface area contributed by atoms with Gasteiger partial charge in [0.15, 0.2) is 23.1 Å². The molecule has 0 aromatic heterocycles. The summed E-state index contributed by atoms with van der Waals surface area (Å²) in [4.78, 5) is 85.8. The summed E-state index contributed by atoms with van der Waals surface area (Å²) < 4.78 is 31.3. The summed E-state index contributed by atoms with van der Waals surface area (Å²) in [5, 5.41) is 10.7. The molecule has 6 bridgehead atoms. The number of amides is 6. The van der Waals surface area contributed by atoms with Crippen LogP contribution in [-0.2, 0) is 48.0 Å². The van der Waals surface area contributed by atoms with Gasteiger partial charge in [0, 0.05) is 33.4 Å². The summed E-state index contributed by atoms with van der Waals surface area (Å²) in [6.45, 7) is 4.28. The highest BCUT2D eigenvalue weighted by Gasteiger charge is 2.37. The van der Waals surface area contributed by atoms with Gasteiger partial charge in [-0.05, 0) is 73.9 Å². The van der Waals surface area contributed by atoms with Crippen molar-refractivity contribution in [2.75, 3.05) is 28.3 Å². The van der Waals surface area contributed by atoms with Crippen molar-refractivity contribution in [1.82, 2.24) is 31.1 Å². The number of nitrogens with one attached hydrogen (secondary N) is 4. The average Bonchev–Trinajstić information content (AvgIpc) is 3.17. The van der Waals surface area contributed by atoms with Gasteiger partial charge >= 0.3 is 0 Å². The first-order chi connectivity index (χ1) is 26.6. The Kier molecular flexibility index (Phi) is 12.8. The van der Waals surface area contributed by atoms with Crippen LogP contribution in [0.2, 0.25) is 0 Å². The SMILES string of the molecule is COc1ccc(C[C@H]2C(=O)N[C@@H](C)C(=O)N(C)[C@H]3Cc4ccc(cc4)Oc4cc(ccc4OC)C[C@H](NC3=O)C(=O)N[C@H](C)C(=O)N[C@@H](C)C(=O)N2C)cc1F. The highest BCUT2D eigenvalue weighted by molar-refractivity contribution is 5.98. The maximum Gasteiger partial charge on any atom is 0.245 e. The topological polar surface area (TPSA) is 185 Å². The van der Waals surface area contributed by atoms with E-state index in [1.165, 1.54) is 66.1 Å². The maximum absolute atomic E-state index is 14.7. The molecule has 0 radical (unpaired) electrons. The lowest BCUT2D eigenvalue weighted by Crippen LogP contribution is -2.61. The number of nitrogens with zero attached hydrogens (tertiary/aromatic N) is 2. The van der Waals surface area contributed by atoms with E-state index in [0.717, 1.165) is 4.90 Å². The van der Waals surface area contributed by atoms with Crippen LogP contribution in [0.3, 0.4) is 0 Å². The highest BCUT2D eigenvalue weighted by atomic mass is 19.1. The molecule has 6 rings (SSSR count). The van der Waals surface area contributed by atoms with Crippen molar-refractivity contribution < 1.29 is 47.4 Å². The van der Waals surface area contributed by atoms with Crippen molar-refractivity contribution in [2.24, 2.45) is 0 Å². The highest BCUT2D eigenvalue weighted by Crippen LogP contribution is 2.33. The molecule has 1 fully saturated rings. The van der Waals surface area contributed by atoms with Crippen LogP contribution in [0.5, 0.6) is 23.0 Å². The Hall–Kier alpha value is -6.19. The van der Waals surface area contributed by atoms with Gasteiger partial charge in [-0.15, -0.1) is 0 Å². The van der Waals surface area contributed by atoms with Crippen LogP contribution in [0.4, 0.5) is 4.39 Å². The molecule has 298 valence electrons. The molecule has 3 aromatic rings. The van der Waals surface area contributed by atoms with Crippen LogP contribution in [0.15, 0.2) is 60.7 Å². The standard InChI is InChI=1S/C40H47FN6O9/c1-21-35(48)43-22(2)39(52)47(5)31(19-25-10-14-32(54-6)28(41)16-25)37(50)44-23(3)40(53)46(4)30-18-24-8-12-27(13-9-24)56-34-20-26(11-15-33(34)55-7)17-29(36(49)42-21)45-38(30)51/h8-16,20-23,29-31H,17-19H2,1-7H3,(H,42,49)(H,43,48)(H,44,50)(H,45,51)/t21-,22+,23+,29+,30+,31+/m1/s1. The summed E-state index contributed by atoms with van der Waals surface area (Å²) >= 11 is 0. The Morgan fingerprint density at radius 1 is 0.661 bits per heavy atom. The summed E-state index contributed by atoms with van der Waals surface area (Å²) in [5.41, 5.74) is 1.59. The number of fused-ring (bicyclic) bond motifs is 2. The minimum absolute atomic E-state index is 0.0115. The number of rotatable bonds is 4. The number of methoxy groups -OCH3 is 2. The van der Waals surface area contributed by atoms with Crippen molar-refractivity contribution in [1.29, 1.82) is 0 Å². The molecular formula is C40H47FN6O9. The van der Waals surface area contributed by atoms with E-state index in [0.29, 0.717) is 33.9 Å². The normalized spacial score (nSPS) is 24.1. The minimum atomic E-state index is -1.27. The second-order valence-corrected chi connectivity index (χ2v) is 14.0. The fraction of sp³-hybridized carbons (Fsp3) is 0.400. The number of ether oxygens (including phenoxy) is 3. The van der Waals surface area contributed by atoms with Gasteiger partial charge < -0.3 is 45.3 Å². The molecule has 15 nitrogen and oxygen atoms in total. The minimum Gasteiger partial charge on any atom is -0.494 e. The van der Waals surface area contributed by atoms with Gasteiger partial charge in [-0.3, -0.25) is 28.8 Å². The van der Waals surface area contributed by atoms with Gasteiger partial charge in [-0.25, -0.2) is 4.39 Å². The lowest BCUT2D eigenvalue weighted by Gasteiger charge is -2.34. The first-order valence-electron chi connectivity index (χ1n) is 18.1. The number of halogens is 1. The number of hydrogen-bond donors (Lipinski definition) is 4. The van der Waals surface area contributed by atoms with Crippen molar-refractivity contribution in [2.45, 2.75) is 76.3 Å². The molecule has 6 atom stereocenters. The summed E-state index contributed by atoms with van der Waals surface area (Å²) in [5.74, 6) is -3.54. The lowest BCUT2D eigenvalue weighted by molar-refractivity contribution is -0.145. The molecule has 0 saturated carbocycles. The second kappa shape index (κ2) is 17.5. The molecule has 4 N–H and O–H groups in total. The predicted octanol–water partition coefficient (Wildman–Crippen LogP) is 1.64. The van der Waals surface area contributed by atoms with E-state index in [2.05, 4.69) is 21.3 Å². The van der Waals surface area contributed by atoms with Crippen molar-refractivity contribution in [3.8, 4) is 23.0 Å². The Morgan fingerprint density at radius 3 is 1.89 bits per heavy atom. The number of carbonyl (C=O) groups is 6. The zero-order valence-corrected chi connectivity index (χ0v) is 32.3. The second-order valence-electron chi connectivity index (χ2n) is 14.0. The van der Waals surface area contributed by atoms with E-state index in [1.54, 1.807) is 48.5 Å². The molecule has 6 amide bonds. The van der Waals surface area contributed by atoms with Crippen LogP contribution < -0.4 is 35.5 Å². The quantitative estimate of drug-likeness (QED) is 0.306. The fourth-order valence-electron chi connectivity index (χ4n) is 6.62. The van der Waals surface area contributed by atoms with Gasteiger partial charge in [0.25, 0.3) is 0 Å². The van der Waals surface area contributed by atoms with Gasteiger partial charge in [0.2, 0.25) is 35.4 Å². The predicted molar refractivity (Wildman–Crippen MR) is 201 cm³/mol. The smallest absolute Gasteiger partial charge is 0.245 e. The first-order valence-corrected chi connectivity index (χ1v) is 18.1. The fourth-order valence-corrected chi connectivity index (χ4v) is 6.62. The monoisotopic (exact) mass is 774 g/mol. The number of carbonyl (C=O) groups excluding carboxylic acids is 6. The van der Waals surface area contributed by atoms with E-state index in [4.69, 9.17) is 14.2 Å². The van der Waals surface area contributed by atoms with Crippen LogP contribution in [-0.4, -0.2) is 110 Å². The lowest BCUT2D eigenvalue weighted by atomic mass is 10.00. The third-order valence-corrected chi connectivity index (χ3v) is 9.97. The summed E-state index contributed by atoms with van der Waals surface area (Å²) in [7, 11) is 5.58. The molecule has 0 aliphatic carbocycles. The van der Waals surface area contributed by atoms with E-state index in [9.17, 15) is 33.2 Å². The average molecular weight is 775 g/mol. The Bertz CT molecular complexity index is 1990. The summed E-state index contributed by atoms with van der Waals surface area (Å²) in [6.07, 6.45) is -0.196. The molecule has 1 saturated heterocycles. The van der Waals surface area contributed by atoms with Gasteiger partial charge in [0.1, 0.15) is 42.0 Å². The Labute approximate surface area is 324 Å². The van der Waals surface area contributed by atoms with Crippen molar-refractivity contribution >= 4 is 35.4 Å². The Morgan fingerprint density at radius 2 is 1.25 bits per heavy atom. The number of likely N-dealkylation sites (N-methyl/N-ethyl adjacent to an activating group) is 2. The molecule has 3 aromatic carbocycles. The van der Waals surface area contributed by atoms with Crippen LogP contribution in [0.1, 0.15) is 37.5 Å². The van der Waals surface area contributed by atoms with Crippen LogP contribution in [0, 0.1) is 5.82 Å². The number of hydrogen-bond acceptors (Lipinski definition) is 9. The van der Waals surface area contributed by atoms with Crippen LogP contribution in [0.25, 0.3) is 0 Å². The molecule has 0 spiro atoms. The molecule has 16 heteroatoms. The van der Waals surface area contributed by atoms with Crippen molar-refractivity contribution in [3.05, 3.63) is 83.2 Å². The molecular weight excluding hydrogens is 727 g/mol. The van der Waals surface area contributed by atoms with E-state index in [1.807, 2.05) is 0 Å². The molecule has 56 heavy (non-hydrogen) atoms. The summed E-state index contributed by atoms with van der Waals surface area (Å²) in [6, 6.07) is 8.82. The number of benzene rings is 3. The van der Waals surface area contributed by atoms with Crippen LogP contribution >= 0.6 is 0 Å². The third kappa shape index (κ3) is 9.36. The van der Waals surface area contributed by atoms with Gasteiger partial charge in [-0.1, -0.05) is 24.3 Å². The van der Waals surface area contributed by atoms with Gasteiger partial charge in [0.05, 0.1) is 14.2 Å². The van der Waals surface area contributed by atoms with E-state index >= 15 is 0 Å². The molecule has 3 heterocycles. The van der Waals surface area contributed by atoms with Crippen molar-refractivity contribution in [3.63, 3.8) is 0 Å². The van der Waals surface area contributed by atoms with E-state index < -0.39 is 77.5 Å². The first kappa shape index (κ1) is 41.0. The molecule has 0 unspecified atom stereocenters.